The minimum atomic E-state index is 0.351. The first-order chi connectivity index (χ1) is 3.97. The van der Waals surface area contributed by atoms with Crippen LogP contribution in [0.25, 0.3) is 0 Å². The third kappa shape index (κ3) is 0.498. The molecule has 1 heterocycles. The number of fused-ring (bicyclic) bond motifs is 1. The van der Waals surface area contributed by atoms with E-state index in [9.17, 15) is 0 Å². The van der Waals surface area contributed by atoms with E-state index in [4.69, 9.17) is 0 Å². The van der Waals surface area contributed by atoms with Crippen molar-refractivity contribution in [3.05, 3.63) is 34.7 Å². The molecule has 0 atom stereocenters. The van der Waals surface area contributed by atoms with E-state index in [0.717, 1.165) is 0 Å². The van der Waals surface area contributed by atoms with Crippen molar-refractivity contribution < 1.29 is 0 Å². The molecule has 37 valence electrons. The first kappa shape index (κ1) is 4.52. The molecule has 1 radical (unpaired) electrons. The van der Waals surface area contributed by atoms with E-state index in [1.165, 1.54) is 9.88 Å². The molecule has 0 fully saturated rings. The molecular formula is C7H4As. The Morgan fingerprint density at radius 3 is 3.38 bits per heavy atom. The van der Waals surface area contributed by atoms with Gasteiger partial charge in [0.2, 0.25) is 0 Å². The molecule has 1 heteroatoms. The fraction of sp³-hybridized carbons (Fsp3) is 0. The first-order valence-electron chi connectivity index (χ1n) is 2.51. The summed E-state index contributed by atoms with van der Waals surface area (Å²) in [7, 11) is 0. The van der Waals surface area contributed by atoms with E-state index in [1.54, 1.807) is 0 Å². The number of hydrogen-bond donors (Lipinski definition) is 0. The Morgan fingerprint density at radius 1 is 1.50 bits per heavy atom. The third-order valence-corrected chi connectivity index (χ3v) is 3.16. The minimum absolute atomic E-state index is 0.351. The zero-order valence-corrected chi connectivity index (χ0v) is 6.13. The number of allylic oxidation sites excluding steroid dienone is 5. The Hall–Kier alpha value is -0.352. The fourth-order valence-electron chi connectivity index (χ4n) is 0.817. The van der Waals surface area contributed by atoms with Gasteiger partial charge >= 0.3 is 54.4 Å². The van der Waals surface area contributed by atoms with Gasteiger partial charge in [-0.15, -0.1) is 0 Å². The second kappa shape index (κ2) is 1.56. The van der Waals surface area contributed by atoms with Gasteiger partial charge in [-0.1, -0.05) is 0 Å². The summed E-state index contributed by atoms with van der Waals surface area (Å²) in [6.07, 6.45) is 9.60. The van der Waals surface area contributed by atoms with Crippen LogP contribution in [0.4, 0.5) is 0 Å². The van der Waals surface area contributed by atoms with Gasteiger partial charge in [0.25, 0.3) is 0 Å². The molecule has 2 aliphatic rings. The Morgan fingerprint density at radius 2 is 2.50 bits per heavy atom. The van der Waals surface area contributed by atoms with Crippen molar-refractivity contribution in [1.29, 1.82) is 0 Å². The molecule has 0 N–H and O–H groups in total. The first-order valence-corrected chi connectivity index (χ1v) is 4.54. The Balaban J connectivity index is 2.59. The molecule has 1 aliphatic heterocycles. The van der Waals surface area contributed by atoms with E-state index in [-0.39, 0.29) is 0 Å². The topological polar surface area (TPSA) is 0 Å². The van der Waals surface area contributed by atoms with Crippen molar-refractivity contribution in [2.45, 2.75) is 0 Å². The molecule has 8 heavy (non-hydrogen) atoms. The van der Waals surface area contributed by atoms with Gasteiger partial charge < -0.3 is 0 Å². The molecule has 0 amide bonds. The zero-order valence-electron chi connectivity index (χ0n) is 4.26. The predicted octanol–water partition coefficient (Wildman–Crippen LogP) is 0.690. The molecule has 0 saturated heterocycles. The second-order valence-corrected chi connectivity index (χ2v) is 3.82. The van der Waals surface area contributed by atoms with Gasteiger partial charge in [0, 0.05) is 0 Å². The quantitative estimate of drug-likeness (QED) is 0.461. The van der Waals surface area contributed by atoms with E-state index >= 15 is 0 Å². The maximum absolute atomic E-state index is 3.20. The van der Waals surface area contributed by atoms with Crippen LogP contribution in [0.3, 0.4) is 0 Å². The van der Waals surface area contributed by atoms with Gasteiger partial charge in [-0.2, -0.15) is 0 Å². The molecular weight excluding hydrogens is 159 g/mol. The van der Waals surface area contributed by atoms with Crippen molar-refractivity contribution in [3.63, 3.8) is 0 Å². The number of hydrogen-bond acceptors (Lipinski definition) is 0. The van der Waals surface area contributed by atoms with E-state index in [0.29, 0.717) is 15.3 Å². The summed E-state index contributed by atoms with van der Waals surface area (Å²) in [5.41, 5.74) is 1.32. The summed E-state index contributed by atoms with van der Waals surface area (Å²) in [6.45, 7) is 0. The van der Waals surface area contributed by atoms with Crippen LogP contribution in [0.1, 0.15) is 0 Å². The molecule has 0 unspecified atom stereocenters. The van der Waals surface area contributed by atoms with E-state index < -0.39 is 0 Å². The SMILES string of the molecule is [C]1=C[As]=C2C=CC=C12. The summed E-state index contributed by atoms with van der Waals surface area (Å²) in [6, 6.07) is 0. The van der Waals surface area contributed by atoms with Crippen LogP contribution in [0.2, 0.25) is 0 Å². The zero-order chi connectivity index (χ0) is 5.40. The van der Waals surface area contributed by atoms with Crippen LogP contribution < -0.4 is 0 Å². The van der Waals surface area contributed by atoms with Crippen molar-refractivity contribution >= 4 is 19.6 Å². The normalized spacial score (nSPS) is 23.0. The summed E-state index contributed by atoms with van der Waals surface area (Å²) in [4.78, 5) is 2.17. The average molecular weight is 163 g/mol. The monoisotopic (exact) mass is 163 g/mol. The molecule has 0 aromatic rings. The maximum atomic E-state index is 3.20. The Bertz CT molecular complexity index is 203. The Labute approximate surface area is 54.8 Å². The number of rotatable bonds is 0. The fourth-order valence-corrected chi connectivity index (χ4v) is 2.48. The van der Waals surface area contributed by atoms with Gasteiger partial charge in [0.1, 0.15) is 0 Å². The molecule has 0 aromatic heterocycles. The molecule has 0 spiro atoms. The predicted molar refractivity (Wildman–Crippen MR) is 35.8 cm³/mol. The van der Waals surface area contributed by atoms with Crippen molar-refractivity contribution in [3.8, 4) is 0 Å². The van der Waals surface area contributed by atoms with Gasteiger partial charge in [0.15, 0.2) is 0 Å². The van der Waals surface area contributed by atoms with Crippen molar-refractivity contribution in [1.82, 2.24) is 0 Å². The molecule has 0 bridgehead atoms. The average Bonchev–Trinajstić information content (AvgIpc) is 2.15. The molecule has 0 nitrogen and oxygen atoms in total. The van der Waals surface area contributed by atoms with Crippen molar-refractivity contribution in [2.24, 2.45) is 0 Å². The third-order valence-electron chi connectivity index (χ3n) is 1.22. The summed E-state index contributed by atoms with van der Waals surface area (Å²) in [5, 5.41) is 0. The van der Waals surface area contributed by atoms with Gasteiger partial charge in [-0.3, -0.25) is 0 Å². The van der Waals surface area contributed by atoms with Gasteiger partial charge in [0.05, 0.1) is 0 Å². The molecule has 2 rings (SSSR count). The van der Waals surface area contributed by atoms with Crippen LogP contribution in [-0.2, 0) is 0 Å². The van der Waals surface area contributed by atoms with Gasteiger partial charge in [-0.05, 0) is 0 Å². The van der Waals surface area contributed by atoms with Crippen LogP contribution >= 0.6 is 0 Å². The summed E-state index contributed by atoms with van der Waals surface area (Å²) >= 11 is 0.351. The van der Waals surface area contributed by atoms with Crippen LogP contribution in [0.15, 0.2) is 28.7 Å². The van der Waals surface area contributed by atoms with Crippen LogP contribution in [0.5, 0.6) is 0 Å². The van der Waals surface area contributed by atoms with Crippen LogP contribution in [-0.4, -0.2) is 19.6 Å². The van der Waals surface area contributed by atoms with Crippen molar-refractivity contribution in [2.75, 3.05) is 0 Å². The summed E-state index contributed by atoms with van der Waals surface area (Å²) < 4.78 is 1.52. The molecule has 1 aliphatic carbocycles. The second-order valence-electron chi connectivity index (χ2n) is 1.73. The van der Waals surface area contributed by atoms with Gasteiger partial charge in [-0.25, -0.2) is 0 Å². The van der Waals surface area contributed by atoms with E-state index in [1.807, 2.05) is 0 Å². The van der Waals surface area contributed by atoms with E-state index in [2.05, 4.69) is 29.2 Å². The standard InChI is InChI=1S/C7H4As/c1-2-6-4-5-8-7(6)3-1/h1-3,5H. The van der Waals surface area contributed by atoms with Crippen LogP contribution in [0, 0.1) is 6.08 Å². The Kier molecular flexibility index (Phi) is 0.883. The molecule has 0 saturated carbocycles. The molecule has 0 aromatic carbocycles. The summed E-state index contributed by atoms with van der Waals surface area (Å²) in [5.74, 6) is 0.